The number of hydrogen-bond donors (Lipinski definition) is 0. The second-order valence-electron chi connectivity index (χ2n) is 3.72. The van der Waals surface area contributed by atoms with Crippen molar-refractivity contribution < 1.29 is 14.3 Å². The molecule has 0 aliphatic heterocycles. The van der Waals surface area contributed by atoms with Crippen LogP contribution in [0.15, 0.2) is 29.4 Å². The predicted octanol–water partition coefficient (Wildman–Crippen LogP) is 3.49. The Bertz CT molecular complexity index is 378. The lowest BCUT2D eigenvalue weighted by molar-refractivity contribution is 0.0581. The minimum absolute atomic E-state index is 0.107. The van der Waals surface area contributed by atoms with Crippen molar-refractivity contribution in [2.45, 2.75) is 26.9 Å². The van der Waals surface area contributed by atoms with Crippen LogP contribution in [0.3, 0.4) is 0 Å². The van der Waals surface area contributed by atoms with Crippen molar-refractivity contribution in [2.75, 3.05) is 13.2 Å². The zero-order valence-electron chi connectivity index (χ0n) is 10.9. The van der Waals surface area contributed by atoms with Crippen LogP contribution < -0.4 is 4.74 Å². The molecular weight excluding hydrogens is 254 g/mol. The maximum Gasteiger partial charge on any atom is 0.222 e. The van der Waals surface area contributed by atoms with Gasteiger partial charge in [0.1, 0.15) is 11.9 Å². The number of halogens is 1. The van der Waals surface area contributed by atoms with E-state index < -0.39 is 0 Å². The molecule has 1 rings (SSSR count). The third-order valence-electron chi connectivity index (χ3n) is 2.01. The number of hydrogen-bond acceptors (Lipinski definition) is 4. The fourth-order valence-corrected chi connectivity index (χ4v) is 1.37. The van der Waals surface area contributed by atoms with Crippen LogP contribution in [-0.2, 0) is 9.57 Å². The monoisotopic (exact) mass is 271 g/mol. The van der Waals surface area contributed by atoms with Crippen molar-refractivity contribution in [3.05, 3.63) is 29.3 Å². The third kappa shape index (κ3) is 5.77. The lowest BCUT2D eigenvalue weighted by atomic mass is 10.3. The van der Waals surface area contributed by atoms with Gasteiger partial charge in [-0.2, -0.15) is 0 Å². The van der Waals surface area contributed by atoms with E-state index >= 15 is 0 Å². The van der Waals surface area contributed by atoms with Crippen LogP contribution in [0.1, 0.15) is 20.8 Å². The highest BCUT2D eigenvalue weighted by atomic mass is 35.5. The molecule has 18 heavy (non-hydrogen) atoms. The average Bonchev–Trinajstić information content (AvgIpc) is 2.32. The Kier molecular flexibility index (Phi) is 6.36. The maximum atomic E-state index is 5.78. The molecule has 1 atom stereocenters. The zero-order chi connectivity index (χ0) is 13.4. The molecule has 0 saturated carbocycles. The lowest BCUT2D eigenvalue weighted by Crippen LogP contribution is -2.18. The third-order valence-corrected chi connectivity index (χ3v) is 2.26. The van der Waals surface area contributed by atoms with Crippen LogP contribution in [-0.4, -0.2) is 25.2 Å². The van der Waals surface area contributed by atoms with E-state index in [1.807, 2.05) is 26.0 Å². The summed E-state index contributed by atoms with van der Waals surface area (Å²) in [6.07, 6.45) is -0.107. The standard InChI is InChI=1S/C13H18ClNO3/c1-4-16-11(3)15-17-9-10(2)18-13-7-5-12(14)6-8-13/h5-8,10H,4,9H2,1-3H3. The molecule has 5 heteroatoms. The normalized spacial score (nSPS) is 13.0. The predicted molar refractivity (Wildman–Crippen MR) is 72.2 cm³/mol. The Morgan fingerprint density at radius 2 is 2.00 bits per heavy atom. The van der Waals surface area contributed by atoms with Crippen molar-refractivity contribution in [3.8, 4) is 5.75 Å². The number of nitrogens with zero attached hydrogens (tertiary/aromatic N) is 1. The first kappa shape index (κ1) is 14.6. The lowest BCUT2D eigenvalue weighted by Gasteiger charge is -2.13. The number of rotatable bonds is 6. The van der Waals surface area contributed by atoms with Crippen molar-refractivity contribution in [2.24, 2.45) is 5.16 Å². The van der Waals surface area contributed by atoms with Gasteiger partial charge in [0.25, 0.3) is 0 Å². The van der Waals surface area contributed by atoms with E-state index in [0.717, 1.165) is 5.75 Å². The van der Waals surface area contributed by atoms with E-state index in [0.29, 0.717) is 24.1 Å². The maximum absolute atomic E-state index is 5.78. The van der Waals surface area contributed by atoms with Crippen molar-refractivity contribution in [3.63, 3.8) is 0 Å². The van der Waals surface area contributed by atoms with E-state index in [1.165, 1.54) is 0 Å². The van der Waals surface area contributed by atoms with E-state index in [4.69, 9.17) is 25.9 Å². The molecule has 1 aromatic carbocycles. The largest absolute Gasteiger partial charge is 0.487 e. The van der Waals surface area contributed by atoms with Crippen molar-refractivity contribution in [1.82, 2.24) is 0 Å². The van der Waals surface area contributed by atoms with Crippen LogP contribution in [0.5, 0.6) is 5.75 Å². The second kappa shape index (κ2) is 7.82. The Morgan fingerprint density at radius 1 is 1.33 bits per heavy atom. The SMILES string of the molecule is CCOC(C)=NOCC(C)Oc1ccc(Cl)cc1. The van der Waals surface area contributed by atoms with Gasteiger partial charge >= 0.3 is 0 Å². The Hall–Kier alpha value is -1.42. The molecule has 0 heterocycles. The first-order chi connectivity index (χ1) is 8.61. The molecule has 0 aromatic heterocycles. The van der Waals surface area contributed by atoms with Gasteiger partial charge in [-0.3, -0.25) is 0 Å². The fraction of sp³-hybridized carbons (Fsp3) is 0.462. The van der Waals surface area contributed by atoms with Crippen LogP contribution in [0, 0.1) is 0 Å². The number of oxime groups is 1. The van der Waals surface area contributed by atoms with Gasteiger partial charge in [0.2, 0.25) is 5.90 Å². The summed E-state index contributed by atoms with van der Waals surface area (Å²) in [5.74, 6) is 1.26. The van der Waals surface area contributed by atoms with Crippen LogP contribution >= 0.6 is 11.6 Å². The Balaban J connectivity index is 2.31. The smallest absolute Gasteiger partial charge is 0.222 e. The summed E-state index contributed by atoms with van der Waals surface area (Å²) >= 11 is 5.78. The molecule has 1 aromatic rings. The Morgan fingerprint density at radius 3 is 2.61 bits per heavy atom. The summed E-state index contributed by atoms with van der Waals surface area (Å²) in [6, 6.07) is 7.19. The average molecular weight is 272 g/mol. The second-order valence-corrected chi connectivity index (χ2v) is 4.16. The number of benzene rings is 1. The van der Waals surface area contributed by atoms with Gasteiger partial charge < -0.3 is 14.3 Å². The van der Waals surface area contributed by atoms with Crippen molar-refractivity contribution >= 4 is 17.5 Å². The van der Waals surface area contributed by atoms with Crippen LogP contribution in [0.25, 0.3) is 0 Å². The molecular formula is C13H18ClNO3. The van der Waals surface area contributed by atoms with Gasteiger partial charge in [-0.1, -0.05) is 16.8 Å². The molecule has 0 aliphatic carbocycles. The summed E-state index contributed by atoms with van der Waals surface area (Å²) in [7, 11) is 0. The first-order valence-electron chi connectivity index (χ1n) is 5.83. The van der Waals surface area contributed by atoms with E-state index in [1.54, 1.807) is 19.1 Å². The van der Waals surface area contributed by atoms with Gasteiger partial charge in [-0.15, -0.1) is 0 Å². The highest BCUT2D eigenvalue weighted by Crippen LogP contribution is 2.16. The summed E-state index contributed by atoms with van der Waals surface area (Å²) in [5.41, 5.74) is 0. The van der Waals surface area contributed by atoms with E-state index in [-0.39, 0.29) is 6.10 Å². The van der Waals surface area contributed by atoms with Gasteiger partial charge in [-0.25, -0.2) is 0 Å². The summed E-state index contributed by atoms with van der Waals surface area (Å²) in [5, 5.41) is 4.49. The molecule has 0 fully saturated rings. The Labute approximate surface area is 112 Å². The summed E-state index contributed by atoms with van der Waals surface area (Å²) in [4.78, 5) is 5.12. The zero-order valence-corrected chi connectivity index (χ0v) is 11.6. The summed E-state index contributed by atoms with van der Waals surface area (Å²) < 4.78 is 10.7. The highest BCUT2D eigenvalue weighted by Gasteiger charge is 2.04. The van der Waals surface area contributed by atoms with Gasteiger partial charge in [-0.05, 0) is 38.1 Å². The fourth-order valence-electron chi connectivity index (χ4n) is 1.25. The first-order valence-corrected chi connectivity index (χ1v) is 6.21. The van der Waals surface area contributed by atoms with E-state index in [2.05, 4.69) is 5.16 Å². The summed E-state index contributed by atoms with van der Waals surface area (Å²) in [6.45, 7) is 6.47. The quantitative estimate of drug-likeness (QED) is 0.452. The molecule has 0 bridgehead atoms. The van der Waals surface area contributed by atoms with Crippen molar-refractivity contribution in [1.29, 1.82) is 0 Å². The molecule has 0 amide bonds. The molecule has 0 spiro atoms. The minimum Gasteiger partial charge on any atom is -0.487 e. The van der Waals surface area contributed by atoms with Gasteiger partial charge in [0.15, 0.2) is 6.61 Å². The molecule has 0 aliphatic rings. The van der Waals surface area contributed by atoms with Gasteiger partial charge in [0, 0.05) is 11.9 Å². The number of ether oxygens (including phenoxy) is 2. The molecule has 0 saturated heterocycles. The van der Waals surface area contributed by atoms with Gasteiger partial charge in [0.05, 0.1) is 6.61 Å². The van der Waals surface area contributed by atoms with E-state index in [9.17, 15) is 0 Å². The van der Waals surface area contributed by atoms with Crippen LogP contribution in [0.2, 0.25) is 5.02 Å². The molecule has 100 valence electrons. The molecule has 0 radical (unpaired) electrons. The van der Waals surface area contributed by atoms with Crippen LogP contribution in [0.4, 0.5) is 0 Å². The minimum atomic E-state index is -0.107. The molecule has 4 nitrogen and oxygen atoms in total. The highest BCUT2D eigenvalue weighted by molar-refractivity contribution is 6.30. The molecule has 0 N–H and O–H groups in total. The topological polar surface area (TPSA) is 40.0 Å². The molecule has 1 unspecified atom stereocenters.